The van der Waals surface area contributed by atoms with Gasteiger partial charge in [-0.15, -0.1) is 0 Å². The van der Waals surface area contributed by atoms with E-state index in [1.807, 2.05) is 6.92 Å². The number of hydrogen-bond acceptors (Lipinski definition) is 2. The number of ether oxygens (including phenoxy) is 1. The van der Waals surface area contributed by atoms with Crippen LogP contribution in [-0.2, 0) is 0 Å². The lowest BCUT2D eigenvalue weighted by atomic mass is 10.1. The molecule has 1 aromatic carbocycles. The van der Waals surface area contributed by atoms with E-state index >= 15 is 0 Å². The average molecular weight is 201 g/mol. The monoisotopic (exact) mass is 200 g/mol. The molecule has 0 radical (unpaired) electrons. The van der Waals surface area contributed by atoms with E-state index in [9.17, 15) is 5.11 Å². The number of aliphatic hydroxyl groups excluding tert-OH is 1. The summed E-state index contributed by atoms with van der Waals surface area (Å²) in [6.45, 7) is 1.91. The second kappa shape index (κ2) is 4.49. The maximum Gasteiger partial charge on any atom is 0.120 e. The number of hydrogen-bond donors (Lipinski definition) is 1. The standard InChI is InChI=1S/C10H13ClO2/c1-3-10(12)8-5-4-7(13-2)6-9(8)11/h4-6,10,12H,3H2,1-2H3/t10-/m0/s1. The molecule has 0 spiro atoms. The van der Waals surface area contributed by atoms with E-state index in [2.05, 4.69) is 0 Å². The minimum Gasteiger partial charge on any atom is -0.497 e. The summed E-state index contributed by atoms with van der Waals surface area (Å²) in [5.41, 5.74) is 0.755. The van der Waals surface area contributed by atoms with Crippen LogP contribution in [0.4, 0.5) is 0 Å². The first-order chi connectivity index (χ1) is 6.19. The van der Waals surface area contributed by atoms with Crippen LogP contribution in [0.1, 0.15) is 25.0 Å². The number of methoxy groups -OCH3 is 1. The third-order valence-corrected chi connectivity index (χ3v) is 2.28. The first kappa shape index (κ1) is 10.4. The molecule has 0 fully saturated rings. The highest BCUT2D eigenvalue weighted by molar-refractivity contribution is 6.31. The van der Waals surface area contributed by atoms with E-state index in [1.54, 1.807) is 25.3 Å². The lowest BCUT2D eigenvalue weighted by molar-refractivity contribution is 0.173. The van der Waals surface area contributed by atoms with Crippen molar-refractivity contribution >= 4 is 11.6 Å². The molecule has 0 aliphatic heterocycles. The van der Waals surface area contributed by atoms with Crippen molar-refractivity contribution in [1.29, 1.82) is 0 Å². The van der Waals surface area contributed by atoms with Crippen molar-refractivity contribution < 1.29 is 9.84 Å². The van der Waals surface area contributed by atoms with Crippen LogP contribution in [0.5, 0.6) is 5.75 Å². The van der Waals surface area contributed by atoms with Gasteiger partial charge in [-0.05, 0) is 24.1 Å². The molecule has 0 saturated heterocycles. The predicted octanol–water partition coefficient (Wildman–Crippen LogP) is 2.79. The molecule has 0 aliphatic rings. The number of rotatable bonds is 3. The summed E-state index contributed by atoms with van der Waals surface area (Å²) in [4.78, 5) is 0. The van der Waals surface area contributed by atoms with E-state index in [1.165, 1.54) is 0 Å². The van der Waals surface area contributed by atoms with Crippen molar-refractivity contribution in [2.24, 2.45) is 0 Å². The molecule has 1 rings (SSSR count). The van der Waals surface area contributed by atoms with Crippen molar-refractivity contribution in [2.45, 2.75) is 19.4 Å². The Hall–Kier alpha value is -0.730. The molecule has 13 heavy (non-hydrogen) atoms. The van der Waals surface area contributed by atoms with Gasteiger partial charge < -0.3 is 9.84 Å². The lowest BCUT2D eigenvalue weighted by Gasteiger charge is -2.10. The van der Waals surface area contributed by atoms with E-state index in [0.717, 1.165) is 5.56 Å². The quantitative estimate of drug-likeness (QED) is 0.813. The Morgan fingerprint density at radius 3 is 2.69 bits per heavy atom. The first-order valence-electron chi connectivity index (χ1n) is 4.20. The largest absolute Gasteiger partial charge is 0.497 e. The van der Waals surface area contributed by atoms with Gasteiger partial charge in [-0.1, -0.05) is 24.6 Å². The van der Waals surface area contributed by atoms with E-state index < -0.39 is 6.10 Å². The molecule has 72 valence electrons. The molecular formula is C10H13ClO2. The first-order valence-corrected chi connectivity index (χ1v) is 4.58. The highest BCUT2D eigenvalue weighted by Gasteiger charge is 2.09. The molecule has 1 aromatic rings. The smallest absolute Gasteiger partial charge is 0.120 e. The Labute approximate surface area is 83.1 Å². The number of halogens is 1. The summed E-state index contributed by atoms with van der Waals surface area (Å²) >= 11 is 5.94. The highest BCUT2D eigenvalue weighted by Crippen LogP contribution is 2.28. The van der Waals surface area contributed by atoms with Crippen LogP contribution in [0, 0.1) is 0 Å². The second-order valence-corrected chi connectivity index (χ2v) is 3.22. The average Bonchev–Trinajstić information content (AvgIpc) is 2.16. The molecular weight excluding hydrogens is 188 g/mol. The Morgan fingerprint density at radius 1 is 1.54 bits per heavy atom. The minimum absolute atomic E-state index is 0.488. The van der Waals surface area contributed by atoms with Crippen LogP contribution in [0.25, 0.3) is 0 Å². The molecule has 1 N–H and O–H groups in total. The summed E-state index contributed by atoms with van der Waals surface area (Å²) in [7, 11) is 1.58. The van der Waals surface area contributed by atoms with E-state index in [-0.39, 0.29) is 0 Å². The molecule has 0 saturated carbocycles. The Balaban J connectivity index is 2.98. The van der Waals surface area contributed by atoms with Gasteiger partial charge in [0.05, 0.1) is 18.2 Å². The third-order valence-electron chi connectivity index (χ3n) is 1.95. The zero-order valence-corrected chi connectivity index (χ0v) is 8.51. The van der Waals surface area contributed by atoms with Gasteiger partial charge >= 0.3 is 0 Å². The van der Waals surface area contributed by atoms with Gasteiger partial charge in [0, 0.05) is 0 Å². The van der Waals surface area contributed by atoms with E-state index in [4.69, 9.17) is 16.3 Å². The van der Waals surface area contributed by atoms with Gasteiger partial charge in [0.25, 0.3) is 0 Å². The number of benzene rings is 1. The zero-order chi connectivity index (χ0) is 9.84. The molecule has 0 aromatic heterocycles. The van der Waals surface area contributed by atoms with Gasteiger partial charge in [-0.3, -0.25) is 0 Å². The second-order valence-electron chi connectivity index (χ2n) is 2.81. The van der Waals surface area contributed by atoms with Crippen LogP contribution >= 0.6 is 11.6 Å². The number of aliphatic hydroxyl groups is 1. The van der Waals surface area contributed by atoms with Crippen LogP contribution in [-0.4, -0.2) is 12.2 Å². The van der Waals surface area contributed by atoms with Crippen LogP contribution in [0.2, 0.25) is 5.02 Å². The van der Waals surface area contributed by atoms with Crippen LogP contribution in [0.15, 0.2) is 18.2 Å². The molecule has 1 atom stereocenters. The summed E-state index contributed by atoms with van der Waals surface area (Å²) in [6, 6.07) is 5.28. The molecule has 3 heteroatoms. The fourth-order valence-corrected chi connectivity index (χ4v) is 1.42. The third kappa shape index (κ3) is 2.36. The van der Waals surface area contributed by atoms with Crippen molar-refractivity contribution in [3.05, 3.63) is 28.8 Å². The molecule has 0 amide bonds. The van der Waals surface area contributed by atoms with Crippen molar-refractivity contribution in [3.63, 3.8) is 0 Å². The van der Waals surface area contributed by atoms with Crippen molar-refractivity contribution in [3.8, 4) is 5.75 Å². The maximum atomic E-state index is 9.55. The lowest BCUT2D eigenvalue weighted by Crippen LogP contribution is -1.96. The topological polar surface area (TPSA) is 29.5 Å². The van der Waals surface area contributed by atoms with Gasteiger partial charge in [0.2, 0.25) is 0 Å². The predicted molar refractivity (Wildman–Crippen MR) is 53.3 cm³/mol. The maximum absolute atomic E-state index is 9.55. The van der Waals surface area contributed by atoms with Crippen molar-refractivity contribution in [2.75, 3.05) is 7.11 Å². The van der Waals surface area contributed by atoms with Crippen LogP contribution < -0.4 is 4.74 Å². The Bertz CT molecular complexity index is 286. The van der Waals surface area contributed by atoms with Crippen LogP contribution in [0.3, 0.4) is 0 Å². The molecule has 0 bridgehead atoms. The fraction of sp³-hybridized carbons (Fsp3) is 0.400. The van der Waals surface area contributed by atoms with Crippen molar-refractivity contribution in [1.82, 2.24) is 0 Å². The zero-order valence-electron chi connectivity index (χ0n) is 7.75. The van der Waals surface area contributed by atoms with Gasteiger partial charge in [0.1, 0.15) is 5.75 Å². The normalized spacial score (nSPS) is 12.6. The minimum atomic E-state index is -0.488. The summed E-state index contributed by atoms with van der Waals surface area (Å²) in [5.74, 6) is 0.706. The molecule has 0 unspecified atom stereocenters. The van der Waals surface area contributed by atoms with Gasteiger partial charge in [-0.25, -0.2) is 0 Å². The summed E-state index contributed by atoms with van der Waals surface area (Å²) in [5, 5.41) is 10.1. The van der Waals surface area contributed by atoms with Gasteiger partial charge in [-0.2, -0.15) is 0 Å². The Kier molecular flexibility index (Phi) is 3.58. The Morgan fingerprint density at radius 2 is 2.23 bits per heavy atom. The summed E-state index contributed by atoms with van der Waals surface area (Å²) < 4.78 is 5.00. The molecule has 2 nitrogen and oxygen atoms in total. The summed E-state index contributed by atoms with van der Waals surface area (Å²) in [6.07, 6.45) is 0.171. The SMILES string of the molecule is CC[C@H](O)c1ccc(OC)cc1Cl. The molecule has 0 heterocycles. The highest BCUT2D eigenvalue weighted by atomic mass is 35.5. The molecule has 0 aliphatic carbocycles. The fourth-order valence-electron chi connectivity index (χ4n) is 1.12. The van der Waals surface area contributed by atoms with E-state index in [0.29, 0.717) is 17.2 Å². The van der Waals surface area contributed by atoms with Gasteiger partial charge in [0.15, 0.2) is 0 Å².